The number of anilines is 1. The molecule has 3 aromatic carbocycles. The molecule has 0 bridgehead atoms. The minimum Gasteiger partial charge on any atom is -0.494 e. The topological polar surface area (TPSA) is 91.8 Å². The van der Waals surface area contributed by atoms with Crippen LogP contribution in [0.5, 0.6) is 5.75 Å². The van der Waals surface area contributed by atoms with E-state index >= 15 is 0 Å². The van der Waals surface area contributed by atoms with Crippen LogP contribution in [0.25, 0.3) is 10.9 Å². The van der Waals surface area contributed by atoms with Gasteiger partial charge in [-0.25, -0.2) is 8.42 Å². The Labute approximate surface area is 222 Å². The third-order valence-corrected chi connectivity index (χ3v) is 7.98. The van der Waals surface area contributed by atoms with E-state index in [0.29, 0.717) is 36.5 Å². The number of amides is 1. The van der Waals surface area contributed by atoms with Gasteiger partial charge in [0.25, 0.3) is 15.9 Å². The molecule has 1 saturated heterocycles. The van der Waals surface area contributed by atoms with Gasteiger partial charge < -0.3 is 9.64 Å². The van der Waals surface area contributed by atoms with Gasteiger partial charge in [-0.3, -0.25) is 19.4 Å². The summed E-state index contributed by atoms with van der Waals surface area (Å²) in [5.74, 6) is 0.814. The zero-order chi connectivity index (χ0) is 26.5. The normalized spacial score (nSPS) is 14.4. The van der Waals surface area contributed by atoms with Gasteiger partial charge in [-0.15, -0.1) is 0 Å². The number of aromatic nitrogens is 1. The molecule has 1 aliphatic heterocycles. The van der Waals surface area contributed by atoms with Crippen molar-refractivity contribution in [2.45, 2.75) is 18.4 Å². The predicted molar refractivity (Wildman–Crippen MR) is 148 cm³/mol. The van der Waals surface area contributed by atoms with Gasteiger partial charge in [0, 0.05) is 55.6 Å². The number of hydrogen-bond donors (Lipinski definition) is 1. The van der Waals surface area contributed by atoms with Gasteiger partial charge in [0.05, 0.1) is 12.1 Å². The first-order chi connectivity index (χ1) is 18.4. The average molecular weight is 531 g/mol. The van der Waals surface area contributed by atoms with E-state index in [1.54, 1.807) is 42.6 Å². The number of sulfonamides is 1. The molecule has 1 N–H and O–H groups in total. The first-order valence-corrected chi connectivity index (χ1v) is 14.1. The van der Waals surface area contributed by atoms with Gasteiger partial charge >= 0.3 is 0 Å². The average Bonchev–Trinajstić information content (AvgIpc) is 2.94. The van der Waals surface area contributed by atoms with Crippen LogP contribution in [0, 0.1) is 0 Å². The van der Waals surface area contributed by atoms with Gasteiger partial charge in [0.1, 0.15) is 10.6 Å². The highest BCUT2D eigenvalue weighted by molar-refractivity contribution is 7.93. The first kappa shape index (κ1) is 25.7. The Morgan fingerprint density at radius 1 is 0.921 bits per heavy atom. The van der Waals surface area contributed by atoms with Crippen LogP contribution >= 0.6 is 0 Å². The Kier molecular flexibility index (Phi) is 7.57. The number of pyridine rings is 1. The lowest BCUT2D eigenvalue weighted by molar-refractivity contribution is 0.0628. The van der Waals surface area contributed by atoms with Crippen molar-refractivity contribution in [3.05, 3.63) is 96.2 Å². The lowest BCUT2D eigenvalue weighted by Crippen LogP contribution is -2.48. The molecule has 0 unspecified atom stereocenters. The summed E-state index contributed by atoms with van der Waals surface area (Å²) in [5.41, 5.74) is 2.54. The van der Waals surface area contributed by atoms with E-state index in [1.165, 1.54) is 11.6 Å². The molecule has 0 radical (unpaired) electrons. The van der Waals surface area contributed by atoms with Crippen molar-refractivity contribution in [3.8, 4) is 5.75 Å². The van der Waals surface area contributed by atoms with Gasteiger partial charge in [-0.05, 0) is 61.0 Å². The molecule has 8 nitrogen and oxygen atoms in total. The summed E-state index contributed by atoms with van der Waals surface area (Å²) in [7, 11) is -3.85. The Balaban J connectivity index is 1.18. The van der Waals surface area contributed by atoms with E-state index in [4.69, 9.17) is 4.74 Å². The predicted octanol–water partition coefficient (Wildman–Crippen LogP) is 4.39. The second-order valence-corrected chi connectivity index (χ2v) is 10.8. The molecule has 1 aromatic heterocycles. The highest BCUT2D eigenvalue weighted by atomic mass is 32.2. The largest absolute Gasteiger partial charge is 0.494 e. The number of ether oxygens (including phenoxy) is 1. The number of benzene rings is 3. The molecule has 0 aliphatic carbocycles. The van der Waals surface area contributed by atoms with Gasteiger partial charge in [0.15, 0.2) is 0 Å². The fourth-order valence-corrected chi connectivity index (χ4v) is 5.83. The molecule has 5 rings (SSSR count). The maximum atomic E-state index is 13.1. The number of fused-ring (bicyclic) bond motifs is 1. The Hall–Kier alpha value is -3.95. The molecule has 196 valence electrons. The summed E-state index contributed by atoms with van der Waals surface area (Å²) < 4.78 is 34.2. The van der Waals surface area contributed by atoms with Crippen LogP contribution in [0.2, 0.25) is 0 Å². The van der Waals surface area contributed by atoms with E-state index in [9.17, 15) is 13.2 Å². The fraction of sp³-hybridized carbons (Fsp3) is 0.241. The number of para-hydroxylation sites is 1. The lowest BCUT2D eigenvalue weighted by atomic mass is 10.1. The maximum absolute atomic E-state index is 13.1. The Morgan fingerprint density at radius 3 is 2.34 bits per heavy atom. The number of nitrogens with one attached hydrogen (secondary N) is 1. The molecular formula is C29H30N4O4S. The lowest BCUT2D eigenvalue weighted by Gasteiger charge is -2.34. The van der Waals surface area contributed by atoms with E-state index in [2.05, 4.69) is 26.7 Å². The minimum absolute atomic E-state index is 0.0571. The second kappa shape index (κ2) is 11.2. The second-order valence-electron chi connectivity index (χ2n) is 9.16. The summed E-state index contributed by atoms with van der Waals surface area (Å²) in [6, 6.07) is 23.3. The summed E-state index contributed by atoms with van der Waals surface area (Å²) in [6.45, 7) is 6.30. The van der Waals surface area contributed by atoms with Crippen molar-refractivity contribution in [1.82, 2.24) is 14.8 Å². The van der Waals surface area contributed by atoms with Crippen LogP contribution in [0.15, 0.2) is 90.0 Å². The van der Waals surface area contributed by atoms with Gasteiger partial charge in [-0.1, -0.05) is 30.3 Å². The third kappa shape index (κ3) is 5.79. The van der Waals surface area contributed by atoms with Crippen molar-refractivity contribution < 1.29 is 17.9 Å². The van der Waals surface area contributed by atoms with E-state index in [1.807, 2.05) is 36.1 Å². The number of hydrogen-bond acceptors (Lipinski definition) is 6. The van der Waals surface area contributed by atoms with Gasteiger partial charge in [0.2, 0.25) is 0 Å². The maximum Gasteiger partial charge on any atom is 0.264 e. The Bertz CT molecular complexity index is 1510. The molecular weight excluding hydrogens is 500 g/mol. The highest BCUT2D eigenvalue weighted by Crippen LogP contribution is 2.24. The number of carbonyl (C=O) groups excluding carboxylic acids is 1. The highest BCUT2D eigenvalue weighted by Gasteiger charge is 2.23. The zero-order valence-corrected chi connectivity index (χ0v) is 22.0. The number of rotatable bonds is 8. The third-order valence-electron chi connectivity index (χ3n) is 6.57. The molecule has 4 aromatic rings. The Morgan fingerprint density at radius 2 is 1.63 bits per heavy atom. The fourth-order valence-electron chi connectivity index (χ4n) is 4.59. The molecule has 0 saturated carbocycles. The summed E-state index contributed by atoms with van der Waals surface area (Å²) in [6.07, 6.45) is 1.57. The number of nitrogens with zero attached hydrogens (tertiary/aromatic N) is 3. The van der Waals surface area contributed by atoms with Crippen molar-refractivity contribution in [1.29, 1.82) is 0 Å². The standard InChI is InChI=1S/C29H30N4O4S/c1-2-37-26-14-8-22(9-15-26)21-32-17-19-33(20-18-32)29(34)24-10-12-25(13-11-24)31-38(35,36)27-7-3-5-23-6-4-16-30-28(23)27/h3-16,31H,2,17-21H2,1H3. The van der Waals surface area contributed by atoms with Crippen LogP contribution in [-0.2, 0) is 16.6 Å². The van der Waals surface area contributed by atoms with Crippen LogP contribution in [0.1, 0.15) is 22.8 Å². The van der Waals surface area contributed by atoms with E-state index < -0.39 is 10.0 Å². The molecule has 9 heteroatoms. The molecule has 1 aliphatic rings. The monoisotopic (exact) mass is 530 g/mol. The number of piperazine rings is 1. The molecule has 0 spiro atoms. The number of carbonyl (C=O) groups is 1. The van der Waals surface area contributed by atoms with Crippen LogP contribution < -0.4 is 9.46 Å². The molecule has 1 fully saturated rings. The molecule has 0 atom stereocenters. The first-order valence-electron chi connectivity index (χ1n) is 12.6. The molecule has 2 heterocycles. The van der Waals surface area contributed by atoms with Crippen LogP contribution in [0.4, 0.5) is 5.69 Å². The minimum atomic E-state index is -3.85. The molecule has 38 heavy (non-hydrogen) atoms. The van der Waals surface area contributed by atoms with E-state index in [0.717, 1.165) is 30.8 Å². The van der Waals surface area contributed by atoms with Crippen molar-refractivity contribution in [3.63, 3.8) is 0 Å². The quantitative estimate of drug-likeness (QED) is 0.363. The zero-order valence-electron chi connectivity index (χ0n) is 21.2. The van der Waals surface area contributed by atoms with Gasteiger partial charge in [-0.2, -0.15) is 0 Å². The SMILES string of the molecule is CCOc1ccc(CN2CCN(C(=O)c3ccc(NS(=O)(=O)c4cccc5cccnc45)cc3)CC2)cc1. The molecule has 1 amide bonds. The van der Waals surface area contributed by atoms with Crippen LogP contribution in [-0.4, -0.2) is 61.9 Å². The summed E-state index contributed by atoms with van der Waals surface area (Å²) >= 11 is 0. The summed E-state index contributed by atoms with van der Waals surface area (Å²) in [5, 5.41) is 0.746. The van der Waals surface area contributed by atoms with Crippen molar-refractivity contribution >= 4 is 32.5 Å². The van der Waals surface area contributed by atoms with Crippen molar-refractivity contribution in [2.75, 3.05) is 37.5 Å². The van der Waals surface area contributed by atoms with E-state index in [-0.39, 0.29) is 10.8 Å². The summed E-state index contributed by atoms with van der Waals surface area (Å²) in [4.78, 5) is 21.6. The van der Waals surface area contributed by atoms with Crippen LogP contribution in [0.3, 0.4) is 0 Å². The van der Waals surface area contributed by atoms with Crippen molar-refractivity contribution in [2.24, 2.45) is 0 Å². The smallest absolute Gasteiger partial charge is 0.264 e.